The Kier molecular flexibility index (Phi) is 11.4. The molecule has 17 heteroatoms. The molecule has 0 saturated heterocycles. The average Bonchev–Trinajstić information content (AvgIpc) is 3.01. The number of hydrogen-bond acceptors (Lipinski definition) is 5. The highest BCUT2D eigenvalue weighted by Gasteiger charge is 2.40. The number of aliphatic carboxylic acids is 1. The van der Waals surface area contributed by atoms with Crippen molar-refractivity contribution in [3.63, 3.8) is 0 Å². The zero-order valence-corrected chi connectivity index (χ0v) is 25.8. The van der Waals surface area contributed by atoms with Gasteiger partial charge < -0.3 is 24.6 Å². The number of ether oxygens (including phenoxy) is 3. The number of carbonyl (C=O) groups is 2. The molecule has 0 aliphatic heterocycles. The molecule has 0 aliphatic carbocycles. The van der Waals surface area contributed by atoms with Crippen LogP contribution in [0, 0.1) is 5.82 Å². The first-order chi connectivity index (χ1) is 23.7. The smallest absolute Gasteiger partial charge is 0.494 e. The van der Waals surface area contributed by atoms with Gasteiger partial charge in [0.25, 0.3) is 5.91 Å². The molecule has 0 fully saturated rings. The van der Waals surface area contributed by atoms with Crippen molar-refractivity contribution < 1.29 is 72.8 Å². The third kappa shape index (κ3) is 10.8. The van der Waals surface area contributed by atoms with Crippen LogP contribution in [-0.4, -0.2) is 36.3 Å². The number of carboxylic acid groups (broad SMARTS) is 1. The molecule has 51 heavy (non-hydrogen) atoms. The fourth-order valence-corrected chi connectivity index (χ4v) is 5.05. The summed E-state index contributed by atoms with van der Waals surface area (Å²) in [6.07, 6.45) is -16.1. The van der Waals surface area contributed by atoms with E-state index in [4.69, 9.17) is 9.84 Å². The maximum Gasteiger partial charge on any atom is 0.573 e. The Morgan fingerprint density at radius 1 is 0.686 bits per heavy atom. The van der Waals surface area contributed by atoms with Gasteiger partial charge in [-0.3, -0.25) is 9.59 Å². The van der Waals surface area contributed by atoms with Crippen LogP contribution in [-0.2, 0) is 22.9 Å². The average molecular weight is 734 g/mol. The van der Waals surface area contributed by atoms with Crippen molar-refractivity contribution in [1.82, 2.24) is 5.32 Å². The van der Waals surface area contributed by atoms with E-state index in [9.17, 15) is 53.5 Å². The van der Waals surface area contributed by atoms with Gasteiger partial charge in [0.2, 0.25) is 0 Å². The van der Waals surface area contributed by atoms with Gasteiger partial charge in [-0.15, -0.1) is 26.3 Å². The first-order valence-electron chi connectivity index (χ1n) is 14.6. The Balaban J connectivity index is 1.90. The molecule has 272 valence electrons. The highest BCUT2D eigenvalue weighted by atomic mass is 19.4. The summed E-state index contributed by atoms with van der Waals surface area (Å²) in [7, 11) is 0. The van der Waals surface area contributed by atoms with Gasteiger partial charge in [0.1, 0.15) is 23.1 Å². The zero-order chi connectivity index (χ0) is 37.6. The quantitative estimate of drug-likeness (QED) is 0.105. The predicted molar refractivity (Wildman–Crippen MR) is 158 cm³/mol. The Hall–Kier alpha value is -5.48. The third-order valence-corrected chi connectivity index (χ3v) is 7.18. The maximum atomic E-state index is 14.1. The molecule has 0 radical (unpaired) electrons. The summed E-state index contributed by atoms with van der Waals surface area (Å²) in [6.45, 7) is 0.0151. The molecule has 0 aliphatic rings. The SMILES string of the molecule is O=C(O)CCCOc1ccc(CC(NC(=O)c2ccc(F)c(C(F)(F)F)c2)(c2cccc(OC(F)(F)F)c2)c2cccc(OC(F)(F)F)c2)cc1. The first kappa shape index (κ1) is 38.3. The van der Waals surface area contributed by atoms with E-state index in [1.807, 2.05) is 0 Å². The number of benzene rings is 4. The number of alkyl halides is 9. The molecule has 4 aromatic rings. The van der Waals surface area contributed by atoms with Crippen molar-refractivity contribution in [3.05, 3.63) is 125 Å². The van der Waals surface area contributed by atoms with Crippen molar-refractivity contribution in [2.45, 2.75) is 43.7 Å². The van der Waals surface area contributed by atoms with Crippen LogP contribution in [0.3, 0.4) is 0 Å². The van der Waals surface area contributed by atoms with Crippen LogP contribution >= 0.6 is 0 Å². The Morgan fingerprint density at radius 3 is 1.73 bits per heavy atom. The van der Waals surface area contributed by atoms with Gasteiger partial charge in [-0.2, -0.15) is 13.2 Å². The van der Waals surface area contributed by atoms with E-state index in [1.165, 1.54) is 36.4 Å². The monoisotopic (exact) mass is 733 g/mol. The van der Waals surface area contributed by atoms with Gasteiger partial charge in [0.05, 0.1) is 17.7 Å². The van der Waals surface area contributed by atoms with Gasteiger partial charge in [0, 0.05) is 18.4 Å². The summed E-state index contributed by atoms with van der Waals surface area (Å²) in [4.78, 5) is 24.5. The fraction of sp³-hybridized carbons (Fsp3) is 0.235. The summed E-state index contributed by atoms with van der Waals surface area (Å²) in [5.74, 6) is -5.43. The van der Waals surface area contributed by atoms with Gasteiger partial charge in [-0.05, 0) is 77.7 Å². The van der Waals surface area contributed by atoms with Crippen LogP contribution in [0.5, 0.6) is 17.2 Å². The topological polar surface area (TPSA) is 94.1 Å². The molecule has 2 N–H and O–H groups in total. The van der Waals surface area contributed by atoms with Gasteiger partial charge >= 0.3 is 24.9 Å². The van der Waals surface area contributed by atoms with Crippen LogP contribution in [0.4, 0.5) is 43.9 Å². The molecular formula is C34H25F10NO6. The summed E-state index contributed by atoms with van der Waals surface area (Å²) in [6, 6.07) is 15.0. The van der Waals surface area contributed by atoms with E-state index in [0.717, 1.165) is 36.4 Å². The van der Waals surface area contributed by atoms with Gasteiger partial charge in [-0.1, -0.05) is 36.4 Å². The lowest BCUT2D eigenvalue weighted by atomic mass is 9.77. The van der Waals surface area contributed by atoms with Crippen molar-refractivity contribution in [1.29, 1.82) is 0 Å². The van der Waals surface area contributed by atoms with Gasteiger partial charge in [0.15, 0.2) is 0 Å². The highest BCUT2D eigenvalue weighted by Crippen LogP contribution is 2.39. The molecule has 0 aromatic heterocycles. The largest absolute Gasteiger partial charge is 0.573 e. The molecule has 4 rings (SSSR count). The molecule has 1 amide bonds. The molecule has 7 nitrogen and oxygen atoms in total. The minimum Gasteiger partial charge on any atom is -0.494 e. The standard InChI is InChI=1S/C34H25F10NO6/c35-28-14-11-21(16-27(28)32(36,37)38)30(48)45-31(22-4-1-6-25(17-22)50-33(39,40)41,23-5-2-7-26(18-23)51-34(42,43)44)19-20-9-12-24(13-10-20)49-15-3-8-29(46)47/h1-2,4-7,9-14,16-18H,3,8,15,19H2,(H,45,48)(H,46,47). The molecule has 0 unspecified atom stereocenters. The van der Waals surface area contributed by atoms with Crippen molar-refractivity contribution >= 4 is 11.9 Å². The summed E-state index contributed by atoms with van der Waals surface area (Å²) in [5.41, 5.74) is -4.91. The normalized spacial score (nSPS) is 12.3. The number of carboxylic acids is 1. The number of rotatable bonds is 13. The third-order valence-electron chi connectivity index (χ3n) is 7.18. The van der Waals surface area contributed by atoms with E-state index in [2.05, 4.69) is 14.8 Å². The predicted octanol–water partition coefficient (Wildman–Crippen LogP) is 8.80. The molecule has 0 atom stereocenters. The Labute approximate surface area is 282 Å². The second kappa shape index (κ2) is 15.2. The summed E-state index contributed by atoms with van der Waals surface area (Å²) < 4.78 is 148. The van der Waals surface area contributed by atoms with Gasteiger partial charge in [-0.25, -0.2) is 4.39 Å². The van der Waals surface area contributed by atoms with Crippen LogP contribution in [0.15, 0.2) is 91.0 Å². The Bertz CT molecular complexity index is 1780. The minimum atomic E-state index is -5.23. The number of hydrogen-bond donors (Lipinski definition) is 2. The number of amides is 1. The second-order valence-electron chi connectivity index (χ2n) is 10.9. The zero-order valence-electron chi connectivity index (χ0n) is 25.8. The lowest BCUT2D eigenvalue weighted by molar-refractivity contribution is -0.275. The molecular weight excluding hydrogens is 708 g/mol. The molecule has 0 spiro atoms. The number of halogens is 10. The van der Waals surface area contributed by atoms with Crippen LogP contribution < -0.4 is 19.5 Å². The summed E-state index contributed by atoms with van der Waals surface area (Å²) >= 11 is 0. The van der Waals surface area contributed by atoms with Crippen molar-refractivity contribution in [2.24, 2.45) is 0 Å². The van der Waals surface area contributed by atoms with E-state index >= 15 is 0 Å². The van der Waals surface area contributed by atoms with E-state index in [0.29, 0.717) is 12.1 Å². The molecule has 0 saturated carbocycles. The lowest BCUT2D eigenvalue weighted by Gasteiger charge is -2.37. The highest BCUT2D eigenvalue weighted by molar-refractivity contribution is 5.95. The van der Waals surface area contributed by atoms with Crippen LogP contribution in [0.2, 0.25) is 0 Å². The van der Waals surface area contributed by atoms with Crippen molar-refractivity contribution in [2.75, 3.05) is 6.61 Å². The number of carbonyl (C=O) groups excluding carboxylic acids is 1. The first-order valence-corrected chi connectivity index (χ1v) is 14.6. The second-order valence-corrected chi connectivity index (χ2v) is 10.9. The van der Waals surface area contributed by atoms with E-state index in [-0.39, 0.29) is 48.0 Å². The van der Waals surface area contributed by atoms with E-state index < -0.39 is 71.2 Å². The van der Waals surface area contributed by atoms with Crippen molar-refractivity contribution in [3.8, 4) is 17.2 Å². The summed E-state index contributed by atoms with van der Waals surface area (Å²) in [5, 5.41) is 11.3. The minimum absolute atomic E-state index is 0.0151. The maximum absolute atomic E-state index is 14.1. The lowest BCUT2D eigenvalue weighted by Crippen LogP contribution is -2.48. The molecule has 0 bridgehead atoms. The fourth-order valence-electron chi connectivity index (χ4n) is 5.05. The number of nitrogens with one attached hydrogen (secondary N) is 1. The van der Waals surface area contributed by atoms with Crippen LogP contribution in [0.25, 0.3) is 0 Å². The van der Waals surface area contributed by atoms with Crippen LogP contribution in [0.1, 0.15) is 45.5 Å². The Morgan fingerprint density at radius 2 is 1.24 bits per heavy atom. The van der Waals surface area contributed by atoms with E-state index in [1.54, 1.807) is 0 Å². The molecule has 0 heterocycles. The molecule has 4 aromatic carbocycles.